The lowest BCUT2D eigenvalue weighted by atomic mass is 10.1. The highest BCUT2D eigenvalue weighted by atomic mass is 32.2. The maximum Gasteiger partial charge on any atom is 0.325 e. The third-order valence-corrected chi connectivity index (χ3v) is 9.54. The van der Waals surface area contributed by atoms with Crippen molar-refractivity contribution in [1.29, 1.82) is 0 Å². The number of hydrogen-bond acceptors (Lipinski definition) is 9. The van der Waals surface area contributed by atoms with Crippen molar-refractivity contribution in [2.45, 2.75) is 43.8 Å². The summed E-state index contributed by atoms with van der Waals surface area (Å²) >= 11 is 1.54. The second-order valence-electron chi connectivity index (χ2n) is 10.4. The minimum Gasteiger partial charge on any atom is -0.464 e. The van der Waals surface area contributed by atoms with Gasteiger partial charge in [-0.15, -0.1) is 11.3 Å². The standard InChI is InChI=1S/C34H35N5O4S2/c40-33(43-22-8-2-5-12-27-10-3-1-4-11-27)24-37-31-14-9-13-30(38-31)26-39(45(41,42)32-15-6-7-20-35-32)25-28-16-18-29(19-17-28)34-36-21-23-44-34/h1,3-4,6-7,9-11,13-21,23H,2,5,8,12,22,24-26H2,(H,37,38). The fourth-order valence-corrected chi connectivity index (χ4v) is 6.65. The van der Waals surface area contributed by atoms with E-state index in [0.717, 1.165) is 41.8 Å². The number of rotatable bonds is 16. The summed E-state index contributed by atoms with van der Waals surface area (Å²) in [7, 11) is -3.94. The molecule has 0 atom stereocenters. The third-order valence-electron chi connectivity index (χ3n) is 7.01. The Morgan fingerprint density at radius 1 is 0.800 bits per heavy atom. The number of nitrogens with zero attached hydrogens (tertiary/aromatic N) is 4. The first-order chi connectivity index (χ1) is 22.0. The fraction of sp³-hybridized carbons (Fsp3) is 0.235. The zero-order chi connectivity index (χ0) is 31.3. The second kappa shape index (κ2) is 16.0. The monoisotopic (exact) mass is 641 g/mol. The molecule has 3 heterocycles. The molecule has 5 rings (SSSR count). The van der Waals surface area contributed by atoms with Crippen molar-refractivity contribution in [3.05, 3.63) is 126 Å². The predicted octanol–water partition coefficient (Wildman–Crippen LogP) is 6.36. The van der Waals surface area contributed by atoms with E-state index in [4.69, 9.17) is 4.74 Å². The van der Waals surface area contributed by atoms with Crippen LogP contribution in [-0.2, 0) is 39.1 Å². The number of carbonyl (C=O) groups excluding carboxylic acids is 1. The molecule has 0 aliphatic carbocycles. The summed E-state index contributed by atoms with van der Waals surface area (Å²) in [5, 5.41) is 5.77. The highest BCUT2D eigenvalue weighted by Gasteiger charge is 2.26. The van der Waals surface area contributed by atoms with Gasteiger partial charge in [0, 0.05) is 29.9 Å². The highest BCUT2D eigenvalue weighted by molar-refractivity contribution is 7.89. The van der Waals surface area contributed by atoms with Crippen molar-refractivity contribution in [1.82, 2.24) is 19.3 Å². The Balaban J connectivity index is 1.17. The number of anilines is 1. The van der Waals surface area contributed by atoms with Crippen LogP contribution in [0.1, 0.15) is 36.1 Å². The van der Waals surface area contributed by atoms with Crippen LogP contribution in [0, 0.1) is 0 Å². The van der Waals surface area contributed by atoms with Crippen molar-refractivity contribution in [2.75, 3.05) is 18.5 Å². The topological polar surface area (TPSA) is 114 Å². The Hall–Kier alpha value is -4.45. The van der Waals surface area contributed by atoms with E-state index in [-0.39, 0.29) is 30.6 Å². The van der Waals surface area contributed by atoms with Crippen LogP contribution >= 0.6 is 11.3 Å². The van der Waals surface area contributed by atoms with Gasteiger partial charge in [-0.25, -0.2) is 23.4 Å². The molecule has 11 heteroatoms. The van der Waals surface area contributed by atoms with E-state index in [1.165, 1.54) is 22.1 Å². The second-order valence-corrected chi connectivity index (χ2v) is 13.1. The molecule has 0 spiro atoms. The van der Waals surface area contributed by atoms with Crippen LogP contribution in [0.4, 0.5) is 5.82 Å². The molecule has 0 aliphatic heterocycles. The molecule has 45 heavy (non-hydrogen) atoms. The van der Waals surface area contributed by atoms with Crippen LogP contribution in [-0.4, -0.2) is 46.8 Å². The number of nitrogens with one attached hydrogen (secondary N) is 1. The van der Waals surface area contributed by atoms with Crippen molar-refractivity contribution in [3.63, 3.8) is 0 Å². The molecule has 0 saturated carbocycles. The lowest BCUT2D eigenvalue weighted by molar-refractivity contribution is -0.141. The lowest BCUT2D eigenvalue weighted by Gasteiger charge is -2.22. The Kier molecular flexibility index (Phi) is 11.4. The predicted molar refractivity (Wildman–Crippen MR) is 176 cm³/mol. The quantitative estimate of drug-likeness (QED) is 0.0978. The van der Waals surface area contributed by atoms with Gasteiger partial charge in [0.2, 0.25) is 0 Å². The summed E-state index contributed by atoms with van der Waals surface area (Å²) < 4.78 is 34.1. The summed E-state index contributed by atoms with van der Waals surface area (Å²) in [4.78, 5) is 25.3. The zero-order valence-corrected chi connectivity index (χ0v) is 26.4. The van der Waals surface area contributed by atoms with E-state index in [2.05, 4.69) is 32.4 Å². The van der Waals surface area contributed by atoms with Gasteiger partial charge in [0.05, 0.1) is 18.8 Å². The minimum atomic E-state index is -3.94. The lowest BCUT2D eigenvalue weighted by Crippen LogP contribution is -2.31. The van der Waals surface area contributed by atoms with Crippen molar-refractivity contribution in [2.24, 2.45) is 0 Å². The van der Waals surface area contributed by atoms with E-state index in [1.807, 2.05) is 47.8 Å². The number of carbonyl (C=O) groups is 1. The van der Waals surface area contributed by atoms with Gasteiger partial charge in [0.1, 0.15) is 17.4 Å². The molecular formula is C34H35N5O4S2. The zero-order valence-electron chi connectivity index (χ0n) is 24.8. The van der Waals surface area contributed by atoms with Crippen LogP contribution < -0.4 is 5.32 Å². The first-order valence-electron chi connectivity index (χ1n) is 14.8. The first-order valence-corrected chi connectivity index (χ1v) is 17.1. The van der Waals surface area contributed by atoms with E-state index in [9.17, 15) is 13.2 Å². The molecule has 1 N–H and O–H groups in total. The Morgan fingerprint density at radius 2 is 1.62 bits per heavy atom. The van der Waals surface area contributed by atoms with Crippen LogP contribution in [0.3, 0.4) is 0 Å². The Labute approximate surface area is 268 Å². The normalized spacial score (nSPS) is 11.4. The van der Waals surface area contributed by atoms with Gasteiger partial charge in [-0.05, 0) is 61.1 Å². The van der Waals surface area contributed by atoms with Crippen LogP contribution in [0.25, 0.3) is 10.6 Å². The number of esters is 1. The van der Waals surface area contributed by atoms with Gasteiger partial charge < -0.3 is 10.1 Å². The van der Waals surface area contributed by atoms with E-state index in [0.29, 0.717) is 18.1 Å². The smallest absolute Gasteiger partial charge is 0.325 e. The van der Waals surface area contributed by atoms with Gasteiger partial charge in [0.25, 0.3) is 10.0 Å². The number of hydrogen-bond donors (Lipinski definition) is 1. The largest absolute Gasteiger partial charge is 0.464 e. The number of benzene rings is 2. The first kappa shape index (κ1) is 32.0. The van der Waals surface area contributed by atoms with Gasteiger partial charge in [-0.2, -0.15) is 4.31 Å². The summed E-state index contributed by atoms with van der Waals surface area (Å²) in [6.07, 6.45) is 7.05. The number of aryl methyl sites for hydroxylation is 1. The molecule has 3 aromatic heterocycles. The number of aromatic nitrogens is 3. The Bertz CT molecular complexity index is 1730. The molecule has 0 amide bonds. The van der Waals surface area contributed by atoms with Gasteiger partial charge in [-0.3, -0.25) is 4.79 Å². The van der Waals surface area contributed by atoms with Crippen molar-refractivity contribution >= 4 is 33.1 Å². The SMILES string of the molecule is O=C(CNc1cccc(CN(Cc2ccc(-c3nccs3)cc2)S(=O)(=O)c2ccccn2)n1)OCCCCCc1ccccc1. The third kappa shape index (κ3) is 9.52. The molecule has 0 aliphatic rings. The molecule has 0 bridgehead atoms. The average molecular weight is 642 g/mol. The molecule has 5 aromatic rings. The van der Waals surface area contributed by atoms with E-state index in [1.54, 1.807) is 47.9 Å². The fourth-order valence-electron chi connectivity index (χ4n) is 4.68. The van der Waals surface area contributed by atoms with Gasteiger partial charge in [-0.1, -0.05) is 66.7 Å². The molecule has 9 nitrogen and oxygen atoms in total. The summed E-state index contributed by atoms with van der Waals surface area (Å²) in [5.41, 5.74) is 3.61. The van der Waals surface area contributed by atoms with Crippen LogP contribution in [0.15, 0.2) is 114 Å². The van der Waals surface area contributed by atoms with E-state index < -0.39 is 10.0 Å². The Morgan fingerprint density at radius 3 is 2.38 bits per heavy atom. The average Bonchev–Trinajstić information content (AvgIpc) is 3.62. The maximum atomic E-state index is 13.7. The molecule has 0 radical (unpaired) electrons. The molecule has 0 unspecified atom stereocenters. The van der Waals surface area contributed by atoms with Crippen molar-refractivity contribution < 1.29 is 17.9 Å². The molecule has 0 fully saturated rings. The van der Waals surface area contributed by atoms with Crippen LogP contribution in [0.5, 0.6) is 0 Å². The highest BCUT2D eigenvalue weighted by Crippen LogP contribution is 2.24. The molecule has 232 valence electrons. The number of ether oxygens (including phenoxy) is 1. The summed E-state index contributed by atoms with van der Waals surface area (Å²) in [6, 6.07) is 28.1. The number of pyridine rings is 2. The van der Waals surface area contributed by atoms with Gasteiger partial charge >= 0.3 is 5.97 Å². The molecule has 2 aromatic carbocycles. The molecule has 0 saturated heterocycles. The number of thiazole rings is 1. The van der Waals surface area contributed by atoms with Crippen molar-refractivity contribution in [3.8, 4) is 10.6 Å². The maximum absolute atomic E-state index is 13.7. The number of sulfonamides is 1. The van der Waals surface area contributed by atoms with Crippen LogP contribution in [0.2, 0.25) is 0 Å². The van der Waals surface area contributed by atoms with E-state index >= 15 is 0 Å². The van der Waals surface area contributed by atoms with Gasteiger partial charge in [0.15, 0.2) is 5.03 Å². The minimum absolute atomic E-state index is 0.0100. The summed E-state index contributed by atoms with van der Waals surface area (Å²) in [5.74, 6) is 0.0844. The number of unbranched alkanes of at least 4 members (excludes halogenated alkanes) is 2. The summed E-state index contributed by atoms with van der Waals surface area (Å²) in [6.45, 7) is 0.458. The molecular weight excluding hydrogens is 607 g/mol.